The SMILES string of the molecule is N#Cc1ccccc1SNc1ccc(Oc2ccncc2-c2ccnc(NC3CCCCC3)n2)c(F)c1. The van der Waals surface area contributed by atoms with Crippen LogP contribution in [0.15, 0.2) is 78.1 Å². The van der Waals surface area contributed by atoms with E-state index in [-0.39, 0.29) is 5.75 Å². The van der Waals surface area contributed by atoms with E-state index in [0.717, 1.165) is 17.7 Å². The van der Waals surface area contributed by atoms with Crippen LogP contribution >= 0.6 is 11.9 Å². The van der Waals surface area contributed by atoms with Crippen LogP contribution in [0.5, 0.6) is 11.5 Å². The lowest BCUT2D eigenvalue weighted by molar-refractivity contribution is 0.443. The Morgan fingerprint density at radius 2 is 1.86 bits per heavy atom. The summed E-state index contributed by atoms with van der Waals surface area (Å²) in [6.07, 6.45) is 10.9. The summed E-state index contributed by atoms with van der Waals surface area (Å²) < 4.78 is 24.0. The van der Waals surface area contributed by atoms with Gasteiger partial charge in [-0.2, -0.15) is 5.26 Å². The Balaban J connectivity index is 1.31. The number of hydrogen-bond donors (Lipinski definition) is 2. The third kappa shape index (κ3) is 6.16. The maximum Gasteiger partial charge on any atom is 0.223 e. The lowest BCUT2D eigenvalue weighted by Crippen LogP contribution is -2.23. The van der Waals surface area contributed by atoms with E-state index < -0.39 is 5.82 Å². The number of nitrogens with zero attached hydrogens (tertiary/aromatic N) is 4. The molecule has 2 N–H and O–H groups in total. The van der Waals surface area contributed by atoms with Crippen LogP contribution in [-0.4, -0.2) is 21.0 Å². The quantitative estimate of drug-likeness (QED) is 0.239. The Morgan fingerprint density at radius 1 is 1.00 bits per heavy atom. The second-order valence-corrected chi connectivity index (χ2v) is 9.52. The highest BCUT2D eigenvalue weighted by Crippen LogP contribution is 2.34. The normalized spacial score (nSPS) is 13.5. The molecule has 4 aromatic rings. The zero-order valence-electron chi connectivity index (χ0n) is 20.0. The molecule has 37 heavy (non-hydrogen) atoms. The van der Waals surface area contributed by atoms with Crippen LogP contribution in [0.1, 0.15) is 37.7 Å². The summed E-state index contributed by atoms with van der Waals surface area (Å²) in [7, 11) is 0. The molecule has 0 saturated heterocycles. The van der Waals surface area contributed by atoms with Crippen molar-refractivity contribution in [2.75, 3.05) is 10.0 Å². The van der Waals surface area contributed by atoms with Gasteiger partial charge in [0.15, 0.2) is 11.6 Å². The van der Waals surface area contributed by atoms with E-state index in [1.165, 1.54) is 37.3 Å². The van der Waals surface area contributed by atoms with Gasteiger partial charge in [0, 0.05) is 41.3 Å². The first kappa shape index (κ1) is 24.5. The molecule has 2 aromatic heterocycles. The topological polar surface area (TPSA) is 95.8 Å². The minimum atomic E-state index is -0.524. The first-order chi connectivity index (χ1) is 18.2. The van der Waals surface area contributed by atoms with Gasteiger partial charge >= 0.3 is 0 Å². The third-order valence-electron chi connectivity index (χ3n) is 6.09. The molecule has 9 heteroatoms. The van der Waals surface area contributed by atoms with E-state index in [0.29, 0.717) is 40.2 Å². The predicted molar refractivity (Wildman–Crippen MR) is 143 cm³/mol. The fourth-order valence-electron chi connectivity index (χ4n) is 4.20. The molecular weight excluding hydrogens is 487 g/mol. The van der Waals surface area contributed by atoms with E-state index in [1.54, 1.807) is 55.0 Å². The molecule has 0 unspecified atom stereocenters. The number of nitrogens with one attached hydrogen (secondary N) is 2. The Hall–Kier alpha value is -4.16. The molecule has 5 rings (SSSR count). The van der Waals surface area contributed by atoms with Crippen LogP contribution in [0.4, 0.5) is 16.0 Å². The van der Waals surface area contributed by atoms with E-state index in [4.69, 9.17) is 4.74 Å². The number of pyridine rings is 1. The summed E-state index contributed by atoms with van der Waals surface area (Å²) in [5, 5.41) is 12.7. The van der Waals surface area contributed by atoms with Crippen LogP contribution in [0.3, 0.4) is 0 Å². The largest absolute Gasteiger partial charge is 0.453 e. The van der Waals surface area contributed by atoms with Crippen molar-refractivity contribution in [1.29, 1.82) is 5.26 Å². The Morgan fingerprint density at radius 3 is 2.70 bits per heavy atom. The fraction of sp³-hybridized carbons (Fsp3) is 0.214. The summed E-state index contributed by atoms with van der Waals surface area (Å²) >= 11 is 1.25. The monoisotopic (exact) mass is 512 g/mol. The maximum atomic E-state index is 15.0. The van der Waals surface area contributed by atoms with Gasteiger partial charge in [-0.3, -0.25) is 4.98 Å². The van der Waals surface area contributed by atoms with E-state index in [9.17, 15) is 9.65 Å². The van der Waals surface area contributed by atoms with Gasteiger partial charge in [-0.25, -0.2) is 14.4 Å². The number of anilines is 2. The van der Waals surface area contributed by atoms with Crippen molar-refractivity contribution in [3.8, 4) is 28.8 Å². The van der Waals surface area contributed by atoms with Crippen LogP contribution < -0.4 is 14.8 Å². The van der Waals surface area contributed by atoms with Gasteiger partial charge in [-0.05, 0) is 61.2 Å². The molecule has 0 spiro atoms. The molecule has 7 nitrogen and oxygen atoms in total. The molecule has 1 saturated carbocycles. The fourth-order valence-corrected chi connectivity index (χ4v) is 4.92. The first-order valence-electron chi connectivity index (χ1n) is 12.1. The number of aromatic nitrogens is 3. The molecule has 0 radical (unpaired) electrons. The lowest BCUT2D eigenvalue weighted by Gasteiger charge is -2.22. The number of benzene rings is 2. The summed E-state index contributed by atoms with van der Waals surface area (Å²) in [4.78, 5) is 14.0. The van der Waals surface area contributed by atoms with E-state index in [2.05, 4.69) is 31.1 Å². The smallest absolute Gasteiger partial charge is 0.223 e. The number of nitriles is 1. The summed E-state index contributed by atoms with van der Waals surface area (Å²) in [6.45, 7) is 0. The van der Waals surface area contributed by atoms with Crippen molar-refractivity contribution in [3.63, 3.8) is 0 Å². The van der Waals surface area contributed by atoms with Crippen molar-refractivity contribution in [3.05, 3.63) is 84.6 Å². The summed E-state index contributed by atoms with van der Waals surface area (Å²) in [6, 6.07) is 17.9. The van der Waals surface area contributed by atoms with Gasteiger partial charge < -0.3 is 14.8 Å². The van der Waals surface area contributed by atoms with Gasteiger partial charge in [0.25, 0.3) is 0 Å². The number of rotatable bonds is 8. The zero-order valence-corrected chi connectivity index (χ0v) is 20.8. The maximum absolute atomic E-state index is 15.0. The van der Waals surface area contributed by atoms with Crippen LogP contribution in [0.2, 0.25) is 0 Å². The Bertz CT molecular complexity index is 1420. The van der Waals surface area contributed by atoms with E-state index in [1.807, 2.05) is 12.1 Å². The molecule has 1 aliphatic rings. The average molecular weight is 513 g/mol. The van der Waals surface area contributed by atoms with Crippen molar-refractivity contribution < 1.29 is 9.13 Å². The molecule has 186 valence electrons. The van der Waals surface area contributed by atoms with Gasteiger partial charge in [0.2, 0.25) is 5.95 Å². The molecular formula is C28H25FN6OS. The molecule has 0 bridgehead atoms. The number of halogens is 1. The predicted octanol–water partition coefficient (Wildman–Crippen LogP) is 7.21. The van der Waals surface area contributed by atoms with Crippen molar-refractivity contribution in [2.45, 2.75) is 43.0 Å². The molecule has 1 fully saturated rings. The second-order valence-electron chi connectivity index (χ2n) is 8.68. The highest BCUT2D eigenvalue weighted by molar-refractivity contribution is 8.00. The highest BCUT2D eigenvalue weighted by atomic mass is 32.2. The van der Waals surface area contributed by atoms with Gasteiger partial charge in [-0.15, -0.1) is 0 Å². The van der Waals surface area contributed by atoms with Gasteiger partial charge in [0.1, 0.15) is 11.8 Å². The van der Waals surface area contributed by atoms with Crippen LogP contribution in [0, 0.1) is 17.1 Å². The van der Waals surface area contributed by atoms with Crippen LogP contribution in [0.25, 0.3) is 11.3 Å². The zero-order chi connectivity index (χ0) is 25.5. The Labute approximate surface area is 219 Å². The third-order valence-corrected chi connectivity index (χ3v) is 7.00. The molecule has 2 aromatic carbocycles. The Kier molecular flexibility index (Phi) is 7.77. The highest BCUT2D eigenvalue weighted by Gasteiger charge is 2.16. The van der Waals surface area contributed by atoms with Gasteiger partial charge in [-0.1, -0.05) is 31.4 Å². The first-order valence-corrected chi connectivity index (χ1v) is 12.9. The number of hydrogen-bond acceptors (Lipinski definition) is 8. The van der Waals surface area contributed by atoms with Gasteiger partial charge in [0.05, 0.1) is 16.8 Å². The molecule has 0 atom stereocenters. The molecule has 0 aliphatic heterocycles. The lowest BCUT2D eigenvalue weighted by atomic mass is 9.96. The molecule has 0 amide bonds. The van der Waals surface area contributed by atoms with Crippen molar-refractivity contribution in [2.24, 2.45) is 0 Å². The van der Waals surface area contributed by atoms with Crippen LogP contribution in [-0.2, 0) is 0 Å². The average Bonchev–Trinajstić information content (AvgIpc) is 2.94. The minimum absolute atomic E-state index is 0.0787. The summed E-state index contributed by atoms with van der Waals surface area (Å²) in [5.41, 5.74) is 2.38. The second kappa shape index (κ2) is 11.7. The standard InChI is InChI=1S/C28H25FN6OS/c29-23-16-21(35-37-27-9-5-4-6-19(27)17-30)10-11-26(23)36-25-13-14-31-18-22(25)24-12-15-32-28(34-24)33-20-7-2-1-3-8-20/h4-6,9-16,18,20,35H,1-3,7-8H2,(H,32,33,34). The van der Waals surface area contributed by atoms with Crippen molar-refractivity contribution in [1.82, 2.24) is 15.0 Å². The number of ether oxygens (including phenoxy) is 1. The minimum Gasteiger partial charge on any atom is -0.453 e. The molecule has 1 aliphatic carbocycles. The van der Waals surface area contributed by atoms with E-state index >= 15 is 0 Å². The summed E-state index contributed by atoms with van der Waals surface area (Å²) in [5.74, 6) is 0.560. The molecule has 2 heterocycles. The van der Waals surface area contributed by atoms with Crippen molar-refractivity contribution >= 4 is 23.6 Å².